The Bertz CT molecular complexity index is 345. The molecule has 0 atom stereocenters. The SMILES string of the molecule is CC1(Nc2ccnc(NN)c2)CCCCC1. The lowest BCUT2D eigenvalue weighted by Crippen LogP contribution is -2.36. The fraction of sp³-hybridized carbons (Fsp3) is 0.583. The van der Waals surface area contributed by atoms with E-state index in [9.17, 15) is 0 Å². The van der Waals surface area contributed by atoms with Crippen LogP contribution in [0, 0.1) is 0 Å². The van der Waals surface area contributed by atoms with Crippen LogP contribution < -0.4 is 16.6 Å². The van der Waals surface area contributed by atoms with Gasteiger partial charge in [-0.1, -0.05) is 19.3 Å². The second-order valence-electron chi connectivity index (χ2n) is 4.82. The Morgan fingerprint density at radius 2 is 2.06 bits per heavy atom. The molecule has 0 spiro atoms. The van der Waals surface area contributed by atoms with Crippen LogP contribution in [0.2, 0.25) is 0 Å². The van der Waals surface area contributed by atoms with E-state index >= 15 is 0 Å². The van der Waals surface area contributed by atoms with Crippen molar-refractivity contribution in [3.05, 3.63) is 18.3 Å². The Morgan fingerprint density at radius 1 is 1.31 bits per heavy atom. The molecule has 4 heteroatoms. The minimum absolute atomic E-state index is 0.228. The molecule has 88 valence electrons. The van der Waals surface area contributed by atoms with Gasteiger partial charge in [0.15, 0.2) is 0 Å². The van der Waals surface area contributed by atoms with Crippen molar-refractivity contribution in [1.82, 2.24) is 4.98 Å². The second-order valence-corrected chi connectivity index (χ2v) is 4.82. The molecule has 4 nitrogen and oxygen atoms in total. The molecule has 2 rings (SSSR count). The van der Waals surface area contributed by atoms with Crippen LogP contribution in [0.4, 0.5) is 11.5 Å². The van der Waals surface area contributed by atoms with E-state index in [1.165, 1.54) is 32.1 Å². The first-order valence-electron chi connectivity index (χ1n) is 5.93. The highest BCUT2D eigenvalue weighted by molar-refractivity contribution is 5.52. The lowest BCUT2D eigenvalue weighted by Gasteiger charge is -2.35. The molecule has 1 aromatic rings. The van der Waals surface area contributed by atoms with E-state index < -0.39 is 0 Å². The van der Waals surface area contributed by atoms with Gasteiger partial charge in [0.1, 0.15) is 5.82 Å². The van der Waals surface area contributed by atoms with Gasteiger partial charge in [-0.15, -0.1) is 0 Å². The number of rotatable bonds is 3. The molecule has 16 heavy (non-hydrogen) atoms. The first kappa shape index (κ1) is 11.2. The molecule has 0 saturated heterocycles. The van der Waals surface area contributed by atoms with Crippen molar-refractivity contribution in [2.45, 2.75) is 44.6 Å². The normalized spacial score (nSPS) is 19.1. The highest BCUT2D eigenvalue weighted by Gasteiger charge is 2.26. The highest BCUT2D eigenvalue weighted by Crippen LogP contribution is 2.31. The van der Waals surface area contributed by atoms with E-state index in [1.807, 2.05) is 12.1 Å². The van der Waals surface area contributed by atoms with Crippen LogP contribution in [0.25, 0.3) is 0 Å². The summed E-state index contributed by atoms with van der Waals surface area (Å²) in [6.07, 6.45) is 8.24. The molecule has 0 radical (unpaired) electrons. The molecule has 1 aliphatic rings. The van der Waals surface area contributed by atoms with Crippen LogP contribution >= 0.6 is 0 Å². The molecular formula is C12H20N4. The summed E-state index contributed by atoms with van der Waals surface area (Å²) in [4.78, 5) is 4.10. The maximum Gasteiger partial charge on any atom is 0.141 e. The van der Waals surface area contributed by atoms with Crippen LogP contribution in [-0.4, -0.2) is 10.5 Å². The standard InChI is InChI=1S/C12H20N4/c1-12(6-3-2-4-7-12)15-10-5-8-14-11(9-10)16-13/h5,8-9H,2-4,6-7,13H2,1H3,(H2,14,15,16). The molecule has 0 aliphatic heterocycles. The molecule has 0 amide bonds. The Morgan fingerprint density at radius 3 is 2.75 bits per heavy atom. The average molecular weight is 220 g/mol. The number of nitrogen functional groups attached to an aromatic ring is 1. The lowest BCUT2D eigenvalue weighted by atomic mass is 9.83. The summed E-state index contributed by atoms with van der Waals surface area (Å²) in [5, 5.41) is 3.60. The zero-order chi connectivity index (χ0) is 11.4. The average Bonchev–Trinajstić information content (AvgIpc) is 2.29. The van der Waals surface area contributed by atoms with E-state index in [2.05, 4.69) is 22.7 Å². The summed E-state index contributed by atoms with van der Waals surface area (Å²) in [5.41, 5.74) is 3.88. The first-order valence-corrected chi connectivity index (χ1v) is 5.93. The fourth-order valence-electron chi connectivity index (χ4n) is 2.39. The van der Waals surface area contributed by atoms with Gasteiger partial charge in [0.25, 0.3) is 0 Å². The summed E-state index contributed by atoms with van der Waals surface area (Å²) in [5.74, 6) is 6.04. The Hall–Kier alpha value is -1.29. The smallest absolute Gasteiger partial charge is 0.141 e. The monoisotopic (exact) mass is 220 g/mol. The van der Waals surface area contributed by atoms with Crippen molar-refractivity contribution in [2.24, 2.45) is 5.84 Å². The van der Waals surface area contributed by atoms with E-state index in [4.69, 9.17) is 5.84 Å². The van der Waals surface area contributed by atoms with Crippen LogP contribution in [-0.2, 0) is 0 Å². The van der Waals surface area contributed by atoms with Gasteiger partial charge in [0.2, 0.25) is 0 Å². The van der Waals surface area contributed by atoms with Gasteiger partial charge < -0.3 is 10.7 Å². The maximum absolute atomic E-state index is 5.34. The summed E-state index contributed by atoms with van der Waals surface area (Å²) in [6, 6.07) is 3.93. The second kappa shape index (κ2) is 4.70. The third-order valence-corrected chi connectivity index (χ3v) is 3.31. The molecule has 1 saturated carbocycles. The van der Waals surface area contributed by atoms with E-state index in [0.717, 1.165) is 5.69 Å². The van der Waals surface area contributed by atoms with E-state index in [0.29, 0.717) is 5.82 Å². The predicted molar refractivity (Wildman–Crippen MR) is 67.2 cm³/mol. The highest BCUT2D eigenvalue weighted by atomic mass is 15.2. The minimum Gasteiger partial charge on any atom is -0.380 e. The number of nitrogens with one attached hydrogen (secondary N) is 2. The number of aromatic nitrogens is 1. The molecule has 0 bridgehead atoms. The van der Waals surface area contributed by atoms with Gasteiger partial charge in [0, 0.05) is 23.5 Å². The van der Waals surface area contributed by atoms with Gasteiger partial charge in [-0.05, 0) is 25.8 Å². The number of nitrogens with zero attached hydrogens (tertiary/aromatic N) is 1. The maximum atomic E-state index is 5.34. The van der Waals surface area contributed by atoms with Crippen molar-refractivity contribution in [1.29, 1.82) is 0 Å². The molecule has 0 aromatic carbocycles. The number of nitrogens with two attached hydrogens (primary N) is 1. The summed E-state index contributed by atoms with van der Waals surface area (Å²) < 4.78 is 0. The molecule has 4 N–H and O–H groups in total. The number of anilines is 2. The summed E-state index contributed by atoms with van der Waals surface area (Å²) in [6.45, 7) is 2.29. The van der Waals surface area contributed by atoms with Crippen molar-refractivity contribution >= 4 is 11.5 Å². The van der Waals surface area contributed by atoms with Crippen LogP contribution in [0.5, 0.6) is 0 Å². The predicted octanol–water partition coefficient (Wildman–Crippen LogP) is 2.50. The molecule has 1 heterocycles. The quantitative estimate of drug-likeness (QED) is 0.541. The number of pyridine rings is 1. The van der Waals surface area contributed by atoms with Gasteiger partial charge in [-0.25, -0.2) is 10.8 Å². The van der Waals surface area contributed by atoms with Crippen molar-refractivity contribution in [3.63, 3.8) is 0 Å². The van der Waals surface area contributed by atoms with Gasteiger partial charge in [-0.2, -0.15) is 0 Å². The topological polar surface area (TPSA) is 63.0 Å². The zero-order valence-corrected chi connectivity index (χ0v) is 9.79. The summed E-state index contributed by atoms with van der Waals surface area (Å²) >= 11 is 0. The third-order valence-electron chi connectivity index (χ3n) is 3.31. The van der Waals surface area contributed by atoms with Crippen molar-refractivity contribution < 1.29 is 0 Å². The number of hydrogen-bond acceptors (Lipinski definition) is 4. The molecule has 0 unspecified atom stereocenters. The number of hydrogen-bond donors (Lipinski definition) is 3. The third kappa shape index (κ3) is 2.64. The molecule has 1 aliphatic carbocycles. The largest absolute Gasteiger partial charge is 0.380 e. The first-order chi connectivity index (χ1) is 7.72. The zero-order valence-electron chi connectivity index (χ0n) is 9.79. The Kier molecular flexibility index (Phi) is 3.29. The minimum atomic E-state index is 0.228. The van der Waals surface area contributed by atoms with Crippen LogP contribution in [0.1, 0.15) is 39.0 Å². The van der Waals surface area contributed by atoms with Crippen molar-refractivity contribution in [3.8, 4) is 0 Å². The van der Waals surface area contributed by atoms with Crippen molar-refractivity contribution in [2.75, 3.05) is 10.7 Å². The van der Waals surface area contributed by atoms with E-state index in [1.54, 1.807) is 6.20 Å². The lowest BCUT2D eigenvalue weighted by molar-refractivity contribution is 0.349. The molecular weight excluding hydrogens is 200 g/mol. The van der Waals surface area contributed by atoms with E-state index in [-0.39, 0.29) is 5.54 Å². The van der Waals surface area contributed by atoms with Crippen LogP contribution in [0.3, 0.4) is 0 Å². The Labute approximate surface area is 96.6 Å². The molecule has 1 aromatic heterocycles. The van der Waals surface area contributed by atoms with Gasteiger partial charge >= 0.3 is 0 Å². The number of hydrazine groups is 1. The van der Waals surface area contributed by atoms with Gasteiger partial charge in [-0.3, -0.25) is 0 Å². The molecule has 1 fully saturated rings. The summed E-state index contributed by atoms with van der Waals surface area (Å²) in [7, 11) is 0. The van der Waals surface area contributed by atoms with Crippen LogP contribution in [0.15, 0.2) is 18.3 Å². The fourth-order valence-corrected chi connectivity index (χ4v) is 2.39. The van der Waals surface area contributed by atoms with Gasteiger partial charge in [0.05, 0.1) is 0 Å². The Balaban J connectivity index is 2.07.